The van der Waals surface area contributed by atoms with Crippen LogP contribution in [0.1, 0.15) is 22.8 Å². The van der Waals surface area contributed by atoms with Gasteiger partial charge in [0.1, 0.15) is 5.82 Å². The summed E-state index contributed by atoms with van der Waals surface area (Å²) in [6.07, 6.45) is 3.85. The molecule has 4 rings (SSSR count). The van der Waals surface area contributed by atoms with Crippen molar-refractivity contribution in [3.8, 4) is 0 Å². The molecule has 0 N–H and O–H groups in total. The van der Waals surface area contributed by atoms with Crippen LogP contribution in [0.2, 0.25) is 0 Å². The largest absolute Gasteiger partial charge is 0.310 e. The molecule has 0 radical (unpaired) electrons. The second kappa shape index (κ2) is 9.88. The van der Waals surface area contributed by atoms with Crippen LogP contribution in [0.3, 0.4) is 0 Å². The van der Waals surface area contributed by atoms with Crippen molar-refractivity contribution in [1.82, 2.24) is 0 Å². The van der Waals surface area contributed by atoms with E-state index in [1.165, 1.54) is 24.3 Å². The van der Waals surface area contributed by atoms with Crippen molar-refractivity contribution in [2.24, 2.45) is 5.92 Å². The quantitative estimate of drug-likeness (QED) is 0.283. The Kier molecular flexibility index (Phi) is 6.57. The average molecular weight is 422 g/mol. The Morgan fingerprint density at radius 3 is 1.91 bits per heavy atom. The number of benzene rings is 4. The molecule has 0 bridgehead atoms. The van der Waals surface area contributed by atoms with Crippen LogP contribution in [0.25, 0.3) is 6.08 Å². The molecule has 0 fully saturated rings. The summed E-state index contributed by atoms with van der Waals surface area (Å²) in [5.41, 5.74) is 4.68. The van der Waals surface area contributed by atoms with Gasteiger partial charge < -0.3 is 4.90 Å². The Balaban J connectivity index is 1.60. The summed E-state index contributed by atoms with van der Waals surface area (Å²) in [5.74, 6) is -0.695. The first-order valence-electron chi connectivity index (χ1n) is 10.6. The second-order valence-electron chi connectivity index (χ2n) is 7.62. The number of nitrogens with zero attached hydrogens (tertiary/aromatic N) is 1. The van der Waals surface area contributed by atoms with Crippen LogP contribution in [0.4, 0.5) is 21.5 Å². The average Bonchev–Trinajstić information content (AvgIpc) is 2.84. The van der Waals surface area contributed by atoms with Gasteiger partial charge in [0.15, 0.2) is 5.78 Å². The molecule has 4 aromatic rings. The first kappa shape index (κ1) is 21.3. The fourth-order valence-corrected chi connectivity index (χ4v) is 3.59. The SMILES string of the molecule is CC(/C=C/c1cccc(N(c2ccccc2)c2ccccc2)c1)C(=O)c1ccc(F)cc1. The van der Waals surface area contributed by atoms with Gasteiger partial charge in [0.2, 0.25) is 0 Å². The molecule has 0 spiro atoms. The highest BCUT2D eigenvalue weighted by Gasteiger charge is 2.14. The van der Waals surface area contributed by atoms with Crippen molar-refractivity contribution in [3.63, 3.8) is 0 Å². The lowest BCUT2D eigenvalue weighted by Crippen LogP contribution is -2.10. The van der Waals surface area contributed by atoms with E-state index in [-0.39, 0.29) is 17.5 Å². The van der Waals surface area contributed by atoms with Crippen molar-refractivity contribution in [1.29, 1.82) is 0 Å². The smallest absolute Gasteiger partial charge is 0.169 e. The lowest BCUT2D eigenvalue weighted by molar-refractivity contribution is 0.0953. The Hall–Kier alpha value is -3.98. The van der Waals surface area contributed by atoms with Gasteiger partial charge in [-0.1, -0.05) is 67.6 Å². The second-order valence-corrected chi connectivity index (χ2v) is 7.62. The molecule has 0 aromatic heterocycles. The summed E-state index contributed by atoms with van der Waals surface area (Å²) >= 11 is 0. The zero-order chi connectivity index (χ0) is 22.3. The van der Waals surface area contributed by atoms with Gasteiger partial charge >= 0.3 is 0 Å². The number of carbonyl (C=O) groups is 1. The third-order valence-corrected chi connectivity index (χ3v) is 5.28. The maximum absolute atomic E-state index is 13.1. The van der Waals surface area contributed by atoms with Crippen LogP contribution in [0, 0.1) is 11.7 Å². The number of para-hydroxylation sites is 2. The third-order valence-electron chi connectivity index (χ3n) is 5.28. The zero-order valence-electron chi connectivity index (χ0n) is 17.9. The number of hydrogen-bond donors (Lipinski definition) is 0. The van der Waals surface area contributed by atoms with Crippen LogP contribution in [-0.4, -0.2) is 5.78 Å². The van der Waals surface area contributed by atoms with Crippen molar-refractivity contribution in [2.45, 2.75) is 6.92 Å². The Morgan fingerprint density at radius 2 is 1.31 bits per heavy atom. The highest BCUT2D eigenvalue weighted by atomic mass is 19.1. The fraction of sp³-hybridized carbons (Fsp3) is 0.0690. The molecule has 0 aliphatic carbocycles. The zero-order valence-corrected chi connectivity index (χ0v) is 17.9. The van der Waals surface area contributed by atoms with E-state index >= 15 is 0 Å². The molecule has 32 heavy (non-hydrogen) atoms. The Morgan fingerprint density at radius 1 is 0.750 bits per heavy atom. The summed E-state index contributed by atoms with van der Waals surface area (Å²) in [6.45, 7) is 1.85. The summed E-state index contributed by atoms with van der Waals surface area (Å²) < 4.78 is 13.1. The number of allylic oxidation sites excluding steroid dienone is 1. The van der Waals surface area contributed by atoms with E-state index in [2.05, 4.69) is 41.3 Å². The van der Waals surface area contributed by atoms with Crippen molar-refractivity contribution in [3.05, 3.63) is 132 Å². The number of Topliss-reactive ketones (excluding diaryl/α,β-unsaturated/α-hetero) is 1. The highest BCUT2D eigenvalue weighted by molar-refractivity contribution is 5.99. The number of hydrogen-bond acceptors (Lipinski definition) is 2. The van der Waals surface area contributed by atoms with Gasteiger partial charge in [-0.15, -0.1) is 0 Å². The Bertz CT molecular complexity index is 1160. The van der Waals surface area contributed by atoms with Gasteiger partial charge in [0, 0.05) is 28.5 Å². The normalized spacial score (nSPS) is 11.9. The molecule has 0 amide bonds. The van der Waals surface area contributed by atoms with E-state index in [0.717, 1.165) is 22.6 Å². The number of rotatable bonds is 7. The van der Waals surface area contributed by atoms with Crippen molar-refractivity contribution in [2.75, 3.05) is 4.90 Å². The number of anilines is 3. The first-order valence-corrected chi connectivity index (χ1v) is 10.6. The number of halogens is 1. The monoisotopic (exact) mass is 421 g/mol. The highest BCUT2D eigenvalue weighted by Crippen LogP contribution is 2.34. The van der Waals surface area contributed by atoms with E-state index in [1.807, 2.05) is 67.6 Å². The molecular weight excluding hydrogens is 397 g/mol. The molecule has 1 atom stereocenters. The van der Waals surface area contributed by atoms with Crippen LogP contribution in [-0.2, 0) is 0 Å². The van der Waals surface area contributed by atoms with Crippen molar-refractivity contribution >= 4 is 28.9 Å². The molecule has 0 aliphatic heterocycles. The number of ketones is 1. The fourth-order valence-electron chi connectivity index (χ4n) is 3.59. The minimum absolute atomic E-state index is 0.0346. The third kappa shape index (κ3) is 5.01. The van der Waals surface area contributed by atoms with Crippen LogP contribution in [0.5, 0.6) is 0 Å². The summed E-state index contributed by atoms with van der Waals surface area (Å²) in [5, 5.41) is 0. The maximum Gasteiger partial charge on any atom is 0.169 e. The predicted molar refractivity (Wildman–Crippen MR) is 130 cm³/mol. The van der Waals surface area contributed by atoms with Gasteiger partial charge in [-0.25, -0.2) is 4.39 Å². The van der Waals surface area contributed by atoms with Gasteiger partial charge in [0.25, 0.3) is 0 Å². The van der Waals surface area contributed by atoms with Gasteiger partial charge in [0.05, 0.1) is 0 Å². The molecule has 0 aliphatic rings. The minimum atomic E-state index is -0.344. The van der Waals surface area contributed by atoms with Gasteiger partial charge in [-0.2, -0.15) is 0 Å². The molecule has 0 saturated carbocycles. The van der Waals surface area contributed by atoms with E-state index in [0.29, 0.717) is 5.56 Å². The van der Waals surface area contributed by atoms with Crippen LogP contribution in [0.15, 0.2) is 115 Å². The summed E-state index contributed by atoms with van der Waals surface area (Å²) in [4.78, 5) is 14.8. The van der Waals surface area contributed by atoms with Crippen molar-refractivity contribution < 1.29 is 9.18 Å². The summed E-state index contributed by atoms with van der Waals surface area (Å²) in [7, 11) is 0. The lowest BCUT2D eigenvalue weighted by atomic mass is 9.98. The number of carbonyl (C=O) groups excluding carboxylic acids is 1. The molecular formula is C29H24FNO. The standard InChI is InChI=1S/C29H24FNO/c1-22(29(32)24-17-19-25(30)20-18-24)15-16-23-9-8-14-28(21-23)31(26-10-4-2-5-11-26)27-12-6-3-7-13-27/h2-22H,1H3/b16-15+. The Labute approximate surface area is 188 Å². The van der Waals surface area contributed by atoms with Gasteiger partial charge in [-0.05, 0) is 66.2 Å². The molecule has 0 heterocycles. The van der Waals surface area contributed by atoms with Gasteiger partial charge in [-0.3, -0.25) is 4.79 Å². The van der Waals surface area contributed by atoms with Crippen LogP contribution >= 0.6 is 0 Å². The lowest BCUT2D eigenvalue weighted by Gasteiger charge is -2.25. The topological polar surface area (TPSA) is 20.3 Å². The maximum atomic E-state index is 13.1. The van der Waals surface area contributed by atoms with E-state index in [1.54, 1.807) is 0 Å². The van der Waals surface area contributed by atoms with E-state index < -0.39 is 0 Å². The van der Waals surface area contributed by atoms with E-state index in [9.17, 15) is 9.18 Å². The molecule has 0 saturated heterocycles. The summed E-state index contributed by atoms with van der Waals surface area (Å²) in [6, 6.07) is 34.3. The predicted octanol–water partition coefficient (Wildman–Crippen LogP) is 7.83. The molecule has 3 heteroatoms. The van der Waals surface area contributed by atoms with Crippen LogP contribution < -0.4 is 4.90 Å². The minimum Gasteiger partial charge on any atom is -0.310 e. The van der Waals surface area contributed by atoms with E-state index in [4.69, 9.17) is 0 Å². The molecule has 1 unspecified atom stereocenters. The molecule has 4 aromatic carbocycles. The molecule has 2 nitrogen and oxygen atoms in total. The first-order chi connectivity index (χ1) is 15.6. The molecule has 158 valence electrons.